The summed E-state index contributed by atoms with van der Waals surface area (Å²) in [5.41, 5.74) is 2.07. The first-order chi connectivity index (χ1) is 8.50. The number of aromatic nitrogens is 2. The van der Waals surface area contributed by atoms with Gasteiger partial charge in [0.1, 0.15) is 6.04 Å². The number of piperazine rings is 1. The molecule has 18 heavy (non-hydrogen) atoms. The van der Waals surface area contributed by atoms with E-state index in [0.717, 1.165) is 24.3 Å². The predicted octanol–water partition coefficient (Wildman–Crippen LogP) is 0.148. The summed E-state index contributed by atoms with van der Waals surface area (Å²) in [6, 6.07) is -0.393. The first-order valence-corrected chi connectivity index (χ1v) is 6.20. The molecule has 0 saturated carbocycles. The van der Waals surface area contributed by atoms with Crippen LogP contribution in [0.5, 0.6) is 0 Å². The van der Waals surface area contributed by atoms with E-state index >= 15 is 0 Å². The summed E-state index contributed by atoms with van der Waals surface area (Å²) in [6.07, 6.45) is 1.97. The second-order valence-electron chi connectivity index (χ2n) is 4.82. The van der Waals surface area contributed by atoms with Gasteiger partial charge in [-0.1, -0.05) is 0 Å². The Labute approximate surface area is 107 Å². The average Bonchev–Trinajstić information content (AvgIpc) is 2.67. The van der Waals surface area contributed by atoms with Gasteiger partial charge in [0.15, 0.2) is 0 Å². The molecule has 0 aliphatic carbocycles. The van der Waals surface area contributed by atoms with Crippen LogP contribution in [0.4, 0.5) is 0 Å². The van der Waals surface area contributed by atoms with E-state index in [-0.39, 0.29) is 6.04 Å². The van der Waals surface area contributed by atoms with Crippen molar-refractivity contribution in [2.75, 3.05) is 19.6 Å². The van der Waals surface area contributed by atoms with Crippen molar-refractivity contribution < 1.29 is 9.90 Å². The van der Waals surface area contributed by atoms with Crippen molar-refractivity contribution in [3.8, 4) is 0 Å². The van der Waals surface area contributed by atoms with Crippen LogP contribution in [0, 0.1) is 6.92 Å². The van der Waals surface area contributed by atoms with Gasteiger partial charge in [-0.3, -0.25) is 14.4 Å². The number of hydrogen-bond acceptors (Lipinski definition) is 4. The van der Waals surface area contributed by atoms with Gasteiger partial charge in [-0.15, -0.1) is 0 Å². The minimum Gasteiger partial charge on any atom is -0.480 e. The van der Waals surface area contributed by atoms with E-state index in [1.807, 2.05) is 32.0 Å². The Hall–Kier alpha value is -1.40. The van der Waals surface area contributed by atoms with Crippen LogP contribution < -0.4 is 5.32 Å². The molecule has 2 rings (SSSR count). The number of carboxylic acid groups (broad SMARTS) is 1. The summed E-state index contributed by atoms with van der Waals surface area (Å²) in [5.74, 6) is -0.768. The maximum Gasteiger partial charge on any atom is 0.322 e. The van der Waals surface area contributed by atoms with Crippen molar-refractivity contribution in [3.63, 3.8) is 0 Å². The van der Waals surface area contributed by atoms with Gasteiger partial charge in [-0.05, 0) is 13.8 Å². The van der Waals surface area contributed by atoms with E-state index < -0.39 is 12.0 Å². The second kappa shape index (κ2) is 5.07. The lowest BCUT2D eigenvalue weighted by Crippen LogP contribution is -2.55. The topological polar surface area (TPSA) is 70.4 Å². The molecule has 1 aromatic rings. The Kier molecular flexibility index (Phi) is 3.68. The van der Waals surface area contributed by atoms with Crippen molar-refractivity contribution in [3.05, 3.63) is 17.5 Å². The normalized spacial score (nSPS) is 22.9. The third kappa shape index (κ3) is 2.39. The third-order valence-corrected chi connectivity index (χ3v) is 3.57. The molecule has 6 nitrogen and oxygen atoms in total. The SMILES string of the molecule is Cc1nn(C)cc1C(C)N1CCNCC1C(=O)O. The zero-order valence-corrected chi connectivity index (χ0v) is 11.1. The zero-order chi connectivity index (χ0) is 13.3. The first-order valence-electron chi connectivity index (χ1n) is 6.20. The number of rotatable bonds is 3. The highest BCUT2D eigenvalue weighted by atomic mass is 16.4. The Balaban J connectivity index is 2.23. The van der Waals surface area contributed by atoms with Crippen LogP contribution in [0.15, 0.2) is 6.20 Å². The predicted molar refractivity (Wildman–Crippen MR) is 67.4 cm³/mol. The molecule has 0 bridgehead atoms. The van der Waals surface area contributed by atoms with Gasteiger partial charge in [-0.2, -0.15) is 5.10 Å². The van der Waals surface area contributed by atoms with Crippen LogP contribution >= 0.6 is 0 Å². The van der Waals surface area contributed by atoms with Crippen LogP contribution in [0.3, 0.4) is 0 Å². The smallest absolute Gasteiger partial charge is 0.322 e. The van der Waals surface area contributed by atoms with Gasteiger partial charge >= 0.3 is 5.97 Å². The molecule has 1 saturated heterocycles. The van der Waals surface area contributed by atoms with E-state index in [2.05, 4.69) is 10.4 Å². The fraction of sp³-hybridized carbons (Fsp3) is 0.667. The van der Waals surface area contributed by atoms with E-state index in [1.54, 1.807) is 4.68 Å². The largest absolute Gasteiger partial charge is 0.480 e. The molecular formula is C12H20N4O2. The molecule has 0 amide bonds. The number of nitrogens with zero attached hydrogens (tertiary/aromatic N) is 3. The quantitative estimate of drug-likeness (QED) is 0.801. The third-order valence-electron chi connectivity index (χ3n) is 3.57. The lowest BCUT2D eigenvalue weighted by molar-refractivity contribution is -0.145. The molecule has 2 atom stereocenters. The Morgan fingerprint density at radius 1 is 1.67 bits per heavy atom. The van der Waals surface area contributed by atoms with Gasteiger partial charge in [-0.25, -0.2) is 0 Å². The lowest BCUT2D eigenvalue weighted by Gasteiger charge is -2.37. The lowest BCUT2D eigenvalue weighted by atomic mass is 10.0. The number of nitrogens with one attached hydrogen (secondary N) is 1. The van der Waals surface area contributed by atoms with Crippen LogP contribution in [0.25, 0.3) is 0 Å². The number of aliphatic carboxylic acids is 1. The molecule has 2 unspecified atom stereocenters. The molecule has 1 aliphatic rings. The van der Waals surface area contributed by atoms with E-state index in [1.165, 1.54) is 0 Å². The zero-order valence-electron chi connectivity index (χ0n) is 11.1. The Morgan fingerprint density at radius 2 is 2.39 bits per heavy atom. The maximum absolute atomic E-state index is 11.3. The minimum absolute atomic E-state index is 0.0712. The molecule has 0 aromatic carbocycles. The van der Waals surface area contributed by atoms with Crippen molar-refractivity contribution in [1.82, 2.24) is 20.0 Å². The summed E-state index contributed by atoms with van der Waals surface area (Å²) < 4.78 is 1.78. The first kappa shape index (κ1) is 13.0. The summed E-state index contributed by atoms with van der Waals surface area (Å²) in [5, 5.41) is 16.7. The summed E-state index contributed by atoms with van der Waals surface area (Å²) >= 11 is 0. The molecule has 0 radical (unpaired) electrons. The fourth-order valence-electron chi connectivity index (χ4n) is 2.62. The minimum atomic E-state index is -0.768. The molecule has 6 heteroatoms. The van der Waals surface area contributed by atoms with Crippen molar-refractivity contribution in [2.45, 2.75) is 25.9 Å². The second-order valence-corrected chi connectivity index (χ2v) is 4.82. The van der Waals surface area contributed by atoms with Crippen molar-refractivity contribution in [1.29, 1.82) is 0 Å². The molecule has 1 fully saturated rings. The van der Waals surface area contributed by atoms with Crippen LogP contribution in [-0.4, -0.2) is 51.4 Å². The Bertz CT molecular complexity index is 443. The molecule has 100 valence electrons. The number of aryl methyl sites for hydroxylation is 2. The van der Waals surface area contributed by atoms with Gasteiger partial charge in [0, 0.05) is 44.5 Å². The maximum atomic E-state index is 11.3. The molecule has 1 aliphatic heterocycles. The van der Waals surface area contributed by atoms with Crippen molar-refractivity contribution in [2.24, 2.45) is 7.05 Å². The van der Waals surface area contributed by atoms with Gasteiger partial charge in [0.25, 0.3) is 0 Å². The standard InChI is InChI=1S/C12H20N4O2/c1-8-10(7-15(3)14-8)9(2)16-5-4-13-6-11(16)12(17)18/h7,9,11,13H,4-6H2,1-3H3,(H,17,18). The number of carbonyl (C=O) groups is 1. The van der Waals surface area contributed by atoms with Crippen molar-refractivity contribution >= 4 is 5.97 Å². The van der Waals surface area contributed by atoms with Crippen LogP contribution in [0.2, 0.25) is 0 Å². The monoisotopic (exact) mass is 252 g/mol. The van der Waals surface area contributed by atoms with E-state index in [0.29, 0.717) is 6.54 Å². The average molecular weight is 252 g/mol. The highest BCUT2D eigenvalue weighted by Gasteiger charge is 2.33. The van der Waals surface area contributed by atoms with Gasteiger partial charge < -0.3 is 10.4 Å². The fourth-order valence-corrected chi connectivity index (χ4v) is 2.62. The van der Waals surface area contributed by atoms with Crippen LogP contribution in [0.1, 0.15) is 24.2 Å². The number of hydrogen-bond donors (Lipinski definition) is 2. The van der Waals surface area contributed by atoms with Gasteiger partial charge in [0.2, 0.25) is 0 Å². The Morgan fingerprint density at radius 3 is 2.94 bits per heavy atom. The molecular weight excluding hydrogens is 232 g/mol. The molecule has 2 N–H and O–H groups in total. The van der Waals surface area contributed by atoms with Crippen LogP contribution in [-0.2, 0) is 11.8 Å². The molecule has 2 heterocycles. The number of carboxylic acids is 1. The van der Waals surface area contributed by atoms with E-state index in [9.17, 15) is 9.90 Å². The van der Waals surface area contributed by atoms with E-state index in [4.69, 9.17) is 0 Å². The highest BCUT2D eigenvalue weighted by molar-refractivity contribution is 5.74. The highest BCUT2D eigenvalue weighted by Crippen LogP contribution is 2.25. The summed E-state index contributed by atoms with van der Waals surface area (Å²) in [4.78, 5) is 13.3. The van der Waals surface area contributed by atoms with Gasteiger partial charge in [0.05, 0.1) is 5.69 Å². The molecule has 0 spiro atoms. The molecule has 1 aromatic heterocycles. The summed E-state index contributed by atoms with van der Waals surface area (Å²) in [7, 11) is 1.88. The summed E-state index contributed by atoms with van der Waals surface area (Å²) in [6.45, 7) is 6.08.